The van der Waals surface area contributed by atoms with Crippen LogP contribution in [0, 0.1) is 5.92 Å². The van der Waals surface area contributed by atoms with Crippen LogP contribution in [0.2, 0.25) is 5.02 Å². The summed E-state index contributed by atoms with van der Waals surface area (Å²) in [4.78, 5) is 1.65. The number of benzene rings is 1. The highest BCUT2D eigenvalue weighted by Crippen LogP contribution is 2.16. The monoisotopic (exact) mass is 328 g/mol. The lowest BCUT2D eigenvalue weighted by Crippen LogP contribution is -2.41. The van der Waals surface area contributed by atoms with Crippen molar-refractivity contribution in [2.45, 2.75) is 31.3 Å². The molecule has 0 spiro atoms. The summed E-state index contributed by atoms with van der Waals surface area (Å²) in [6.07, 6.45) is 3.12. The number of hydrogen-bond acceptors (Lipinski definition) is 4. The Hall–Kier alpha value is -1.44. The van der Waals surface area contributed by atoms with E-state index in [2.05, 4.69) is 14.9 Å². The van der Waals surface area contributed by atoms with Gasteiger partial charge in [-0.2, -0.15) is 15.0 Å². The van der Waals surface area contributed by atoms with Gasteiger partial charge in [0.15, 0.2) is 0 Å². The van der Waals surface area contributed by atoms with Crippen molar-refractivity contribution in [1.29, 1.82) is 0 Å². The number of nitrogens with one attached hydrogen (secondary N) is 1. The molecule has 0 saturated carbocycles. The first-order valence-corrected chi connectivity index (χ1v) is 8.36. The minimum Gasteiger partial charge on any atom is -0.207 e. The Kier molecular flexibility index (Phi) is 4.97. The fourth-order valence-electron chi connectivity index (χ4n) is 1.78. The molecule has 0 saturated heterocycles. The van der Waals surface area contributed by atoms with E-state index in [-0.39, 0.29) is 16.9 Å². The lowest BCUT2D eigenvalue weighted by atomic mass is 10.1. The number of hydrogen-bond donors (Lipinski definition) is 1. The number of nitrogens with zero attached hydrogens (tertiary/aromatic N) is 3. The van der Waals surface area contributed by atoms with Crippen molar-refractivity contribution in [3.63, 3.8) is 0 Å². The van der Waals surface area contributed by atoms with Crippen LogP contribution in [0.5, 0.6) is 0 Å². The number of sulfonamides is 1. The fraction of sp³-hybridized carbons (Fsp3) is 0.385. The van der Waals surface area contributed by atoms with Crippen molar-refractivity contribution in [2.75, 3.05) is 0 Å². The van der Waals surface area contributed by atoms with E-state index in [0.29, 0.717) is 11.6 Å². The maximum absolute atomic E-state index is 12.4. The highest BCUT2D eigenvalue weighted by Gasteiger charge is 2.23. The third-order valence-electron chi connectivity index (χ3n) is 3.06. The van der Waals surface area contributed by atoms with Gasteiger partial charge in [-0.3, -0.25) is 0 Å². The van der Waals surface area contributed by atoms with Crippen molar-refractivity contribution in [1.82, 2.24) is 19.7 Å². The lowest BCUT2D eigenvalue weighted by molar-refractivity contribution is 0.361. The molecule has 114 valence electrons. The van der Waals surface area contributed by atoms with E-state index >= 15 is 0 Å². The topological polar surface area (TPSA) is 76.9 Å². The molecule has 1 aromatic heterocycles. The van der Waals surface area contributed by atoms with Crippen LogP contribution >= 0.6 is 11.6 Å². The third-order valence-corrected chi connectivity index (χ3v) is 4.82. The molecular weight excluding hydrogens is 312 g/mol. The predicted molar refractivity (Wildman–Crippen MR) is 80.4 cm³/mol. The summed E-state index contributed by atoms with van der Waals surface area (Å²) < 4.78 is 27.5. The van der Waals surface area contributed by atoms with Crippen LogP contribution in [0.15, 0.2) is 41.6 Å². The van der Waals surface area contributed by atoms with Gasteiger partial charge in [-0.05, 0) is 30.2 Å². The van der Waals surface area contributed by atoms with E-state index in [1.54, 1.807) is 24.5 Å². The second kappa shape index (κ2) is 6.55. The van der Waals surface area contributed by atoms with Gasteiger partial charge >= 0.3 is 0 Å². The van der Waals surface area contributed by atoms with Gasteiger partial charge in [0.2, 0.25) is 10.0 Å². The Morgan fingerprint density at radius 2 is 1.76 bits per heavy atom. The standard InChI is InChI=1S/C13H17ClN4O2S/c1-10(2)13(9-18-15-7-8-16-18)17-21(19,20)12-5-3-11(14)4-6-12/h3-8,10,13,17H,9H2,1-2H3. The van der Waals surface area contributed by atoms with E-state index in [9.17, 15) is 8.42 Å². The van der Waals surface area contributed by atoms with Gasteiger partial charge in [0.05, 0.1) is 23.8 Å². The molecule has 0 radical (unpaired) electrons. The summed E-state index contributed by atoms with van der Waals surface area (Å²) in [5, 5.41) is 8.51. The van der Waals surface area contributed by atoms with Gasteiger partial charge in [0, 0.05) is 11.1 Å². The molecule has 2 rings (SSSR count). The summed E-state index contributed by atoms with van der Waals surface area (Å²) in [6.45, 7) is 4.26. The molecule has 1 heterocycles. The average Bonchev–Trinajstić information content (AvgIpc) is 2.91. The van der Waals surface area contributed by atoms with Crippen LogP contribution in [-0.2, 0) is 16.6 Å². The first-order valence-electron chi connectivity index (χ1n) is 6.50. The summed E-state index contributed by atoms with van der Waals surface area (Å²) in [6, 6.07) is 5.76. The molecule has 0 bridgehead atoms. The highest BCUT2D eigenvalue weighted by molar-refractivity contribution is 7.89. The van der Waals surface area contributed by atoms with Crippen LogP contribution in [0.3, 0.4) is 0 Å². The van der Waals surface area contributed by atoms with E-state index in [0.717, 1.165) is 0 Å². The minimum atomic E-state index is -3.60. The highest BCUT2D eigenvalue weighted by atomic mass is 35.5. The van der Waals surface area contributed by atoms with Crippen LogP contribution in [0.4, 0.5) is 0 Å². The second-order valence-electron chi connectivity index (χ2n) is 5.01. The molecular formula is C13H17ClN4O2S. The van der Waals surface area contributed by atoms with Crippen molar-refractivity contribution >= 4 is 21.6 Å². The Labute approximate surface area is 129 Å². The zero-order valence-corrected chi connectivity index (χ0v) is 13.3. The zero-order valence-electron chi connectivity index (χ0n) is 11.8. The first-order chi connectivity index (χ1) is 9.88. The normalized spacial score (nSPS) is 13.5. The van der Waals surface area contributed by atoms with Crippen LogP contribution in [0.25, 0.3) is 0 Å². The summed E-state index contributed by atoms with van der Waals surface area (Å²) in [5.74, 6) is 0.0954. The van der Waals surface area contributed by atoms with E-state index < -0.39 is 10.0 Å². The molecule has 2 aromatic rings. The molecule has 6 nitrogen and oxygen atoms in total. The number of aromatic nitrogens is 3. The molecule has 8 heteroatoms. The molecule has 1 N–H and O–H groups in total. The molecule has 0 aliphatic rings. The van der Waals surface area contributed by atoms with Gasteiger partial charge in [0.1, 0.15) is 0 Å². The molecule has 21 heavy (non-hydrogen) atoms. The van der Waals surface area contributed by atoms with E-state index in [1.807, 2.05) is 13.8 Å². The smallest absolute Gasteiger partial charge is 0.207 e. The van der Waals surface area contributed by atoms with Crippen molar-refractivity contribution in [3.8, 4) is 0 Å². The van der Waals surface area contributed by atoms with Gasteiger partial charge < -0.3 is 0 Å². The Bertz CT molecular complexity index is 669. The predicted octanol–water partition coefficient (Wildman–Crippen LogP) is 1.93. The average molecular weight is 329 g/mol. The molecule has 0 aliphatic heterocycles. The Balaban J connectivity index is 2.17. The summed E-state index contributed by atoms with van der Waals surface area (Å²) in [5.41, 5.74) is 0. The molecule has 1 atom stereocenters. The first kappa shape index (κ1) is 15.9. The number of halogens is 1. The van der Waals surface area contributed by atoms with E-state index in [4.69, 9.17) is 11.6 Å². The Morgan fingerprint density at radius 1 is 1.19 bits per heavy atom. The molecule has 1 aromatic carbocycles. The fourth-order valence-corrected chi connectivity index (χ4v) is 3.28. The van der Waals surface area contributed by atoms with Gasteiger partial charge in [-0.25, -0.2) is 13.1 Å². The third kappa shape index (κ3) is 4.26. The second-order valence-corrected chi connectivity index (χ2v) is 7.16. The van der Waals surface area contributed by atoms with Gasteiger partial charge in [0.25, 0.3) is 0 Å². The maximum atomic E-state index is 12.4. The Morgan fingerprint density at radius 3 is 2.29 bits per heavy atom. The summed E-state index contributed by atoms with van der Waals surface area (Å²) >= 11 is 5.78. The maximum Gasteiger partial charge on any atom is 0.240 e. The van der Waals surface area contributed by atoms with Gasteiger partial charge in [-0.1, -0.05) is 25.4 Å². The molecule has 0 aliphatic carbocycles. The SMILES string of the molecule is CC(C)C(Cn1nccn1)NS(=O)(=O)c1ccc(Cl)cc1. The van der Waals surface area contributed by atoms with Crippen molar-refractivity contribution in [3.05, 3.63) is 41.7 Å². The quantitative estimate of drug-likeness (QED) is 0.879. The lowest BCUT2D eigenvalue weighted by Gasteiger charge is -2.21. The van der Waals surface area contributed by atoms with E-state index in [1.165, 1.54) is 16.9 Å². The number of rotatable bonds is 6. The van der Waals surface area contributed by atoms with Crippen LogP contribution in [0.1, 0.15) is 13.8 Å². The van der Waals surface area contributed by atoms with Crippen LogP contribution < -0.4 is 4.72 Å². The molecule has 1 unspecified atom stereocenters. The van der Waals surface area contributed by atoms with Crippen molar-refractivity contribution in [2.24, 2.45) is 5.92 Å². The van der Waals surface area contributed by atoms with Crippen LogP contribution in [-0.4, -0.2) is 29.5 Å². The largest absolute Gasteiger partial charge is 0.240 e. The van der Waals surface area contributed by atoms with Crippen molar-refractivity contribution < 1.29 is 8.42 Å². The summed E-state index contributed by atoms with van der Waals surface area (Å²) in [7, 11) is -3.60. The minimum absolute atomic E-state index is 0.0954. The van der Waals surface area contributed by atoms with Gasteiger partial charge in [-0.15, -0.1) is 0 Å². The zero-order chi connectivity index (χ0) is 15.5. The molecule has 0 fully saturated rings. The molecule has 0 amide bonds.